The second-order valence-electron chi connectivity index (χ2n) is 15.4. The summed E-state index contributed by atoms with van der Waals surface area (Å²) in [6.45, 7) is 1.85. The average Bonchev–Trinajstić information content (AvgIpc) is 3.48. The van der Waals surface area contributed by atoms with Crippen LogP contribution < -0.4 is 0 Å². The highest BCUT2D eigenvalue weighted by atomic mass is 15.4. The number of nitrogens with zero attached hydrogens (tertiary/aromatic N) is 6. The normalized spacial score (nSPS) is 35.0. The summed E-state index contributed by atoms with van der Waals surface area (Å²) in [6, 6.07) is 20.0. The largest absolute Gasteiger partial charge is 0.251 e. The molecule has 1 heterocycles. The number of aromatic nitrogens is 3. The molecule has 11 rings (SSSR count). The summed E-state index contributed by atoms with van der Waals surface area (Å²) in [5.74, 6) is 8.44. The van der Waals surface area contributed by atoms with Gasteiger partial charge in [-0.3, -0.25) is 4.68 Å². The molecule has 0 amide bonds. The Morgan fingerprint density at radius 1 is 0.750 bits per heavy atom. The fourth-order valence-electron chi connectivity index (χ4n) is 11.1. The quantitative estimate of drug-likeness (QED) is 0.129. The maximum Gasteiger partial charge on any atom is 0.113 e. The number of terminal acetylenes is 1. The van der Waals surface area contributed by atoms with Crippen LogP contribution >= 0.6 is 0 Å². The van der Waals surface area contributed by atoms with Gasteiger partial charge in [0, 0.05) is 29.1 Å². The fraction of sp³-hybridized carbons (Fsp3) is 0.579. The molecule has 8 aliphatic rings. The van der Waals surface area contributed by atoms with Gasteiger partial charge in [0.2, 0.25) is 0 Å². The van der Waals surface area contributed by atoms with Gasteiger partial charge in [0.05, 0.1) is 6.20 Å². The number of hydrogen-bond donors (Lipinski definition) is 0. The lowest BCUT2D eigenvalue weighted by molar-refractivity contribution is -0.0637. The average molecular weight is 587 g/mol. The minimum Gasteiger partial charge on any atom is -0.251 e. The molecular weight excluding hydrogens is 540 g/mol. The molecule has 0 spiro atoms. The van der Waals surface area contributed by atoms with Gasteiger partial charge in [-0.15, -0.1) is 11.5 Å². The molecule has 44 heavy (non-hydrogen) atoms. The zero-order chi connectivity index (χ0) is 30.0. The summed E-state index contributed by atoms with van der Waals surface area (Å²) in [4.78, 5) is 2.94. The Balaban J connectivity index is 0.000000121. The molecule has 3 aromatic rings. The molecule has 0 saturated heterocycles. The van der Waals surface area contributed by atoms with E-state index < -0.39 is 0 Å². The highest BCUT2D eigenvalue weighted by Crippen LogP contribution is 2.61. The molecule has 6 nitrogen and oxygen atoms in total. The van der Waals surface area contributed by atoms with Crippen molar-refractivity contribution in [1.82, 2.24) is 15.0 Å². The van der Waals surface area contributed by atoms with Crippen LogP contribution in [0.15, 0.2) is 72.0 Å². The van der Waals surface area contributed by atoms with Crippen molar-refractivity contribution < 1.29 is 0 Å². The summed E-state index contributed by atoms with van der Waals surface area (Å²) in [5.41, 5.74) is 12.5. The number of benzene rings is 2. The number of hydrogen-bond acceptors (Lipinski definition) is 3. The fourth-order valence-corrected chi connectivity index (χ4v) is 11.1. The van der Waals surface area contributed by atoms with E-state index in [4.69, 9.17) is 12.0 Å². The minimum atomic E-state index is 0.432. The Labute approximate surface area is 262 Å². The smallest absolute Gasteiger partial charge is 0.113 e. The van der Waals surface area contributed by atoms with E-state index in [-0.39, 0.29) is 0 Å². The Bertz CT molecular complexity index is 1420. The lowest BCUT2D eigenvalue weighted by Gasteiger charge is -2.56. The number of azide groups is 1. The third-order valence-electron chi connectivity index (χ3n) is 11.8. The van der Waals surface area contributed by atoms with Crippen molar-refractivity contribution in [2.75, 3.05) is 6.54 Å². The van der Waals surface area contributed by atoms with E-state index in [1.807, 2.05) is 36.4 Å². The standard InChI is InChI=1S/C19H23N3.C11H17N3.C8H6/c1-2-4-17(5-3-1)18-12-22(21-20-18)13-19-9-14-6-15(10-19)8-16(7-14)11-19;12-14-13-7-11-4-8-1-9(5-11)3-10(2-8)6-11;1-2-8-6-4-3-5-7-8/h1-5,12,14-16H,6-11,13H2;8-10H,1-7H2;1,3-7H. The highest BCUT2D eigenvalue weighted by Gasteiger charge is 2.51. The van der Waals surface area contributed by atoms with Crippen molar-refractivity contribution >= 4 is 0 Å². The van der Waals surface area contributed by atoms with Crippen LogP contribution in [-0.4, -0.2) is 21.5 Å². The van der Waals surface area contributed by atoms with Crippen LogP contribution in [0.4, 0.5) is 0 Å². The monoisotopic (exact) mass is 586 g/mol. The summed E-state index contributed by atoms with van der Waals surface area (Å²) in [6.07, 6.45) is 24.5. The van der Waals surface area contributed by atoms with Crippen molar-refractivity contribution in [3.63, 3.8) is 0 Å². The van der Waals surface area contributed by atoms with Gasteiger partial charge in [-0.25, -0.2) is 0 Å². The van der Waals surface area contributed by atoms with Crippen molar-refractivity contribution in [2.45, 2.75) is 83.6 Å². The minimum absolute atomic E-state index is 0.432. The van der Waals surface area contributed by atoms with Crippen LogP contribution in [0.3, 0.4) is 0 Å². The third kappa shape index (κ3) is 6.45. The molecule has 0 radical (unpaired) electrons. The van der Waals surface area contributed by atoms with E-state index in [0.29, 0.717) is 10.8 Å². The van der Waals surface area contributed by atoms with Crippen LogP contribution in [0.5, 0.6) is 0 Å². The molecule has 8 saturated carbocycles. The Morgan fingerprint density at radius 3 is 1.68 bits per heavy atom. The molecule has 228 valence electrons. The molecule has 0 atom stereocenters. The highest BCUT2D eigenvalue weighted by molar-refractivity contribution is 5.57. The van der Waals surface area contributed by atoms with E-state index in [1.54, 1.807) is 0 Å². The van der Waals surface area contributed by atoms with Crippen LogP contribution in [-0.2, 0) is 6.54 Å². The van der Waals surface area contributed by atoms with Crippen LogP contribution in [0.25, 0.3) is 21.7 Å². The second kappa shape index (κ2) is 12.4. The Kier molecular flexibility index (Phi) is 8.25. The zero-order valence-corrected chi connectivity index (χ0v) is 26.0. The molecule has 0 aliphatic heterocycles. The van der Waals surface area contributed by atoms with Crippen LogP contribution in [0.1, 0.15) is 82.6 Å². The summed E-state index contributed by atoms with van der Waals surface area (Å²) in [5, 5.41) is 12.7. The topological polar surface area (TPSA) is 79.5 Å². The van der Waals surface area contributed by atoms with E-state index in [0.717, 1.165) is 59.9 Å². The predicted molar refractivity (Wildman–Crippen MR) is 175 cm³/mol. The summed E-state index contributed by atoms with van der Waals surface area (Å²) < 4.78 is 2.12. The van der Waals surface area contributed by atoms with Crippen molar-refractivity contribution in [2.24, 2.45) is 51.5 Å². The van der Waals surface area contributed by atoms with E-state index in [9.17, 15) is 0 Å². The van der Waals surface area contributed by atoms with Gasteiger partial charge < -0.3 is 0 Å². The van der Waals surface area contributed by atoms with Gasteiger partial charge in [-0.1, -0.05) is 64.8 Å². The summed E-state index contributed by atoms with van der Waals surface area (Å²) in [7, 11) is 0. The maximum absolute atomic E-state index is 8.43. The van der Waals surface area contributed by atoms with Crippen molar-refractivity contribution in [1.29, 1.82) is 0 Å². The van der Waals surface area contributed by atoms with E-state index in [2.05, 4.69) is 61.4 Å². The molecule has 1 aromatic heterocycles. The summed E-state index contributed by atoms with van der Waals surface area (Å²) >= 11 is 0. The van der Waals surface area contributed by atoms with E-state index in [1.165, 1.54) is 82.6 Å². The SMILES string of the molecule is C#Cc1ccccc1.[N-]=[N+]=NCC12CC3CC(CC(C3)C1)C2.c1ccc(-c2cn(CC34CC5CC(CC(C5)C3)C4)nn2)cc1. The van der Waals surface area contributed by atoms with Gasteiger partial charge in [0.1, 0.15) is 5.69 Å². The molecular formula is C38H46N6. The van der Waals surface area contributed by atoms with Gasteiger partial charge in [0.15, 0.2) is 0 Å². The Morgan fingerprint density at radius 2 is 1.23 bits per heavy atom. The van der Waals surface area contributed by atoms with Crippen LogP contribution in [0, 0.1) is 58.7 Å². The first-order valence-electron chi connectivity index (χ1n) is 17.0. The number of rotatable bonds is 5. The zero-order valence-electron chi connectivity index (χ0n) is 26.0. The molecule has 6 heteroatoms. The molecule has 0 unspecified atom stereocenters. The predicted octanol–water partition coefficient (Wildman–Crippen LogP) is 9.34. The first-order chi connectivity index (χ1) is 21.5. The molecule has 8 aliphatic carbocycles. The Hall–Kier alpha value is -3.55. The maximum atomic E-state index is 8.43. The first kappa shape index (κ1) is 29.2. The van der Waals surface area contributed by atoms with Crippen molar-refractivity contribution in [3.05, 3.63) is 82.9 Å². The molecule has 2 aromatic carbocycles. The molecule has 8 bridgehead atoms. The lowest BCUT2D eigenvalue weighted by Crippen LogP contribution is -2.48. The van der Waals surface area contributed by atoms with Gasteiger partial charge in [0.25, 0.3) is 0 Å². The third-order valence-corrected chi connectivity index (χ3v) is 11.8. The van der Waals surface area contributed by atoms with Crippen molar-refractivity contribution in [3.8, 4) is 23.6 Å². The van der Waals surface area contributed by atoms with Gasteiger partial charge >= 0.3 is 0 Å². The lowest BCUT2D eigenvalue weighted by atomic mass is 9.49. The van der Waals surface area contributed by atoms with Crippen LogP contribution in [0.2, 0.25) is 0 Å². The second-order valence-corrected chi connectivity index (χ2v) is 15.4. The molecule has 0 N–H and O–H groups in total. The first-order valence-corrected chi connectivity index (χ1v) is 17.0. The van der Waals surface area contributed by atoms with Gasteiger partial charge in [-0.05, 0) is 141 Å². The molecule has 8 fully saturated rings. The van der Waals surface area contributed by atoms with Gasteiger partial charge in [-0.2, -0.15) is 0 Å². The van der Waals surface area contributed by atoms with E-state index >= 15 is 0 Å².